The van der Waals surface area contributed by atoms with Gasteiger partial charge < -0.3 is 5.32 Å². The van der Waals surface area contributed by atoms with Crippen molar-refractivity contribution < 1.29 is 13.2 Å². The molecule has 0 amide bonds. The highest BCUT2D eigenvalue weighted by Gasteiger charge is 2.33. The van der Waals surface area contributed by atoms with E-state index < -0.39 is 11.9 Å². The van der Waals surface area contributed by atoms with Crippen molar-refractivity contribution in [2.75, 3.05) is 7.05 Å². The summed E-state index contributed by atoms with van der Waals surface area (Å²) in [5.41, 5.74) is -0.461. The zero-order chi connectivity index (χ0) is 9.19. The van der Waals surface area contributed by atoms with Crippen LogP contribution in [0.2, 0.25) is 0 Å². The van der Waals surface area contributed by atoms with Crippen molar-refractivity contribution in [1.82, 2.24) is 15.5 Å². The Morgan fingerprint density at radius 1 is 1.54 bits per heavy atom. The summed E-state index contributed by atoms with van der Waals surface area (Å²) in [5.74, 6) is 0. The quantitative estimate of drug-likeness (QED) is 0.786. The van der Waals surface area contributed by atoms with E-state index in [9.17, 15) is 13.2 Å². The molecule has 1 aromatic rings. The van der Waals surface area contributed by atoms with E-state index in [0.29, 0.717) is 12.2 Å². The monoisotopic (exact) mass is 215 g/mol. The minimum absolute atomic E-state index is 0. The van der Waals surface area contributed by atoms with Crippen LogP contribution in [0.5, 0.6) is 0 Å². The van der Waals surface area contributed by atoms with Crippen LogP contribution in [0.3, 0.4) is 0 Å². The number of nitrogens with zero attached hydrogens (tertiary/aromatic N) is 1. The molecule has 0 fully saturated rings. The molecule has 0 aliphatic rings. The van der Waals surface area contributed by atoms with Crippen molar-refractivity contribution in [1.29, 1.82) is 0 Å². The molecule has 0 atom stereocenters. The van der Waals surface area contributed by atoms with E-state index in [0.717, 1.165) is 6.07 Å². The Balaban J connectivity index is 0.00000144. The van der Waals surface area contributed by atoms with Gasteiger partial charge in [0.25, 0.3) is 0 Å². The molecular formula is C6H9ClF3N3. The topological polar surface area (TPSA) is 40.7 Å². The summed E-state index contributed by atoms with van der Waals surface area (Å²) in [6.45, 7) is 0.350. The van der Waals surface area contributed by atoms with Gasteiger partial charge >= 0.3 is 6.18 Å². The van der Waals surface area contributed by atoms with Crippen LogP contribution in [-0.2, 0) is 12.7 Å². The zero-order valence-electron chi connectivity index (χ0n) is 6.77. The Morgan fingerprint density at radius 3 is 2.54 bits per heavy atom. The third-order valence-electron chi connectivity index (χ3n) is 1.29. The average Bonchev–Trinajstić information content (AvgIpc) is 2.35. The molecule has 3 nitrogen and oxygen atoms in total. The number of nitrogens with one attached hydrogen (secondary N) is 2. The van der Waals surface area contributed by atoms with Crippen LogP contribution < -0.4 is 5.32 Å². The predicted octanol–water partition coefficient (Wildman–Crippen LogP) is 1.57. The lowest BCUT2D eigenvalue weighted by Crippen LogP contribution is -2.05. The molecule has 76 valence electrons. The maximum absolute atomic E-state index is 11.9. The van der Waals surface area contributed by atoms with Gasteiger partial charge in [-0.25, -0.2) is 0 Å². The summed E-state index contributed by atoms with van der Waals surface area (Å²) in [4.78, 5) is 0. The molecule has 0 bridgehead atoms. The van der Waals surface area contributed by atoms with Crippen molar-refractivity contribution >= 4 is 12.4 Å². The summed E-state index contributed by atoms with van der Waals surface area (Å²) in [6.07, 6.45) is -4.36. The Morgan fingerprint density at radius 2 is 2.15 bits per heavy atom. The van der Waals surface area contributed by atoms with Crippen LogP contribution in [0.4, 0.5) is 13.2 Å². The molecule has 1 rings (SSSR count). The number of aromatic amines is 1. The second kappa shape index (κ2) is 4.48. The van der Waals surface area contributed by atoms with Gasteiger partial charge in [-0.15, -0.1) is 12.4 Å². The van der Waals surface area contributed by atoms with Gasteiger partial charge in [0.2, 0.25) is 0 Å². The summed E-state index contributed by atoms with van der Waals surface area (Å²) < 4.78 is 35.8. The summed E-state index contributed by atoms with van der Waals surface area (Å²) in [5, 5.41) is 8.11. The SMILES string of the molecule is CNCc1cc(C(F)(F)F)n[nH]1.Cl. The first-order valence-corrected chi connectivity index (χ1v) is 3.30. The highest BCUT2D eigenvalue weighted by molar-refractivity contribution is 5.85. The Hall–Kier alpha value is -0.750. The molecule has 0 aliphatic heterocycles. The van der Waals surface area contributed by atoms with Gasteiger partial charge in [-0.1, -0.05) is 0 Å². The van der Waals surface area contributed by atoms with Crippen LogP contribution in [0.15, 0.2) is 6.07 Å². The van der Waals surface area contributed by atoms with E-state index in [2.05, 4.69) is 15.5 Å². The maximum Gasteiger partial charge on any atom is 0.435 e. The third-order valence-corrected chi connectivity index (χ3v) is 1.29. The molecule has 0 spiro atoms. The van der Waals surface area contributed by atoms with Crippen LogP contribution >= 0.6 is 12.4 Å². The molecule has 7 heteroatoms. The smallest absolute Gasteiger partial charge is 0.314 e. The van der Waals surface area contributed by atoms with Gasteiger partial charge in [0.15, 0.2) is 5.69 Å². The predicted molar refractivity (Wildman–Crippen MR) is 43.6 cm³/mol. The van der Waals surface area contributed by atoms with Crippen molar-refractivity contribution in [2.24, 2.45) is 0 Å². The fourth-order valence-corrected chi connectivity index (χ4v) is 0.788. The van der Waals surface area contributed by atoms with Gasteiger partial charge in [0.1, 0.15) is 0 Å². The van der Waals surface area contributed by atoms with E-state index in [1.54, 1.807) is 7.05 Å². The molecule has 0 aliphatic carbocycles. The van der Waals surface area contributed by atoms with Gasteiger partial charge in [-0.3, -0.25) is 5.10 Å². The summed E-state index contributed by atoms with van der Waals surface area (Å²) in [7, 11) is 1.65. The Bertz CT molecular complexity index is 258. The fraction of sp³-hybridized carbons (Fsp3) is 0.500. The van der Waals surface area contributed by atoms with Crippen molar-refractivity contribution in [2.45, 2.75) is 12.7 Å². The Kier molecular flexibility index (Phi) is 4.22. The zero-order valence-corrected chi connectivity index (χ0v) is 7.59. The van der Waals surface area contributed by atoms with Crippen LogP contribution in [0.1, 0.15) is 11.4 Å². The van der Waals surface area contributed by atoms with Crippen LogP contribution in [-0.4, -0.2) is 17.2 Å². The molecular weight excluding hydrogens is 207 g/mol. The average molecular weight is 216 g/mol. The van der Waals surface area contributed by atoms with E-state index in [4.69, 9.17) is 0 Å². The first kappa shape index (κ1) is 12.2. The second-order valence-electron chi connectivity index (χ2n) is 2.31. The minimum Gasteiger partial charge on any atom is -0.314 e. The minimum atomic E-state index is -4.36. The van der Waals surface area contributed by atoms with Crippen LogP contribution in [0.25, 0.3) is 0 Å². The number of alkyl halides is 3. The lowest BCUT2D eigenvalue weighted by molar-refractivity contribution is -0.141. The molecule has 13 heavy (non-hydrogen) atoms. The fourth-order valence-electron chi connectivity index (χ4n) is 0.788. The largest absolute Gasteiger partial charge is 0.435 e. The number of halogens is 4. The summed E-state index contributed by atoms with van der Waals surface area (Å²) >= 11 is 0. The number of hydrogen-bond acceptors (Lipinski definition) is 2. The van der Waals surface area contributed by atoms with Crippen molar-refractivity contribution in [3.63, 3.8) is 0 Å². The van der Waals surface area contributed by atoms with E-state index in [-0.39, 0.29) is 12.4 Å². The molecule has 1 aromatic heterocycles. The lowest BCUT2D eigenvalue weighted by atomic mass is 10.3. The first-order chi connectivity index (χ1) is 5.54. The number of rotatable bonds is 2. The van der Waals surface area contributed by atoms with Gasteiger partial charge in [-0.05, 0) is 13.1 Å². The second-order valence-corrected chi connectivity index (χ2v) is 2.31. The molecule has 0 unspecified atom stereocenters. The molecule has 0 aromatic carbocycles. The van der Waals surface area contributed by atoms with Gasteiger partial charge in [0, 0.05) is 12.2 Å². The lowest BCUT2D eigenvalue weighted by Gasteiger charge is -1.98. The number of aromatic nitrogens is 2. The van der Waals surface area contributed by atoms with E-state index in [1.807, 2.05) is 0 Å². The van der Waals surface area contributed by atoms with Crippen molar-refractivity contribution in [3.8, 4) is 0 Å². The third kappa shape index (κ3) is 3.23. The molecule has 0 saturated carbocycles. The van der Waals surface area contributed by atoms with E-state index in [1.165, 1.54) is 0 Å². The summed E-state index contributed by atoms with van der Waals surface area (Å²) in [6, 6.07) is 0.983. The van der Waals surface area contributed by atoms with Crippen LogP contribution in [0, 0.1) is 0 Å². The van der Waals surface area contributed by atoms with Crippen molar-refractivity contribution in [3.05, 3.63) is 17.5 Å². The molecule has 0 saturated heterocycles. The number of H-pyrrole nitrogens is 1. The number of hydrogen-bond donors (Lipinski definition) is 2. The molecule has 2 N–H and O–H groups in total. The molecule has 0 radical (unpaired) electrons. The highest BCUT2D eigenvalue weighted by atomic mass is 35.5. The Labute approximate surface area is 79.1 Å². The standard InChI is InChI=1S/C6H8F3N3.ClH/c1-10-3-4-2-5(12-11-4)6(7,8)9;/h2,10H,3H2,1H3,(H,11,12);1H. The van der Waals surface area contributed by atoms with Gasteiger partial charge in [0.05, 0.1) is 0 Å². The van der Waals surface area contributed by atoms with Gasteiger partial charge in [-0.2, -0.15) is 18.3 Å². The maximum atomic E-state index is 11.9. The normalized spacial score (nSPS) is 11.1. The molecule has 1 heterocycles. The van der Waals surface area contributed by atoms with E-state index >= 15 is 0 Å². The highest BCUT2D eigenvalue weighted by Crippen LogP contribution is 2.27. The first-order valence-electron chi connectivity index (χ1n) is 3.30.